The van der Waals surface area contributed by atoms with Crippen molar-refractivity contribution in [1.82, 2.24) is 25.9 Å². The summed E-state index contributed by atoms with van der Waals surface area (Å²) in [5.74, 6) is -4.72. The SMILES string of the molecule is NC(=O)CC(NC(=O)CNC(=O)C(N)CCCN=C(N)N)C(=O)NC(Cc1cnc[nH]1)C(=O)O. The molecule has 1 heterocycles. The first kappa shape index (κ1) is 27.8. The van der Waals surface area contributed by atoms with Crippen molar-refractivity contribution < 1.29 is 29.1 Å². The van der Waals surface area contributed by atoms with Gasteiger partial charge in [-0.1, -0.05) is 0 Å². The number of carboxylic acid groups (broad SMARTS) is 1. The molecule has 0 bridgehead atoms. The molecule has 16 nitrogen and oxygen atoms in total. The second-order valence-corrected chi connectivity index (χ2v) is 7.24. The molecule has 0 radical (unpaired) electrons. The maximum atomic E-state index is 12.5. The minimum Gasteiger partial charge on any atom is -0.480 e. The third-order valence-electron chi connectivity index (χ3n) is 4.38. The van der Waals surface area contributed by atoms with E-state index in [2.05, 4.69) is 30.9 Å². The zero-order valence-electron chi connectivity index (χ0n) is 18.3. The standard InChI is InChI=1S/C18H30N10O6/c19-10(2-1-3-24-18(21)22)15(31)25-7-14(30)27-11(5-13(20)29)16(32)28-12(17(33)34)4-9-6-23-8-26-9/h6,8,10-12H,1-5,7,19H2,(H2,20,29)(H,23,26)(H,25,31)(H,27,30)(H,28,32)(H,33,34)(H4,21,22,24). The van der Waals surface area contributed by atoms with Gasteiger partial charge in [-0.2, -0.15) is 0 Å². The van der Waals surface area contributed by atoms with E-state index in [-0.39, 0.29) is 25.3 Å². The molecule has 0 spiro atoms. The highest BCUT2D eigenvalue weighted by atomic mass is 16.4. The second-order valence-electron chi connectivity index (χ2n) is 7.24. The number of imidazole rings is 1. The molecular formula is C18H30N10O6. The molecule has 16 heteroatoms. The van der Waals surface area contributed by atoms with Gasteiger partial charge in [0.05, 0.1) is 25.3 Å². The van der Waals surface area contributed by atoms with E-state index in [0.29, 0.717) is 12.1 Å². The summed E-state index contributed by atoms with van der Waals surface area (Å²) in [4.78, 5) is 69.8. The monoisotopic (exact) mass is 482 g/mol. The zero-order chi connectivity index (χ0) is 25.7. The van der Waals surface area contributed by atoms with Gasteiger partial charge in [-0.05, 0) is 12.8 Å². The van der Waals surface area contributed by atoms with E-state index in [1.165, 1.54) is 12.5 Å². The molecule has 4 amide bonds. The fourth-order valence-corrected chi connectivity index (χ4v) is 2.69. The summed E-state index contributed by atoms with van der Waals surface area (Å²) >= 11 is 0. The molecule has 3 unspecified atom stereocenters. The van der Waals surface area contributed by atoms with Gasteiger partial charge in [0.1, 0.15) is 12.1 Å². The lowest BCUT2D eigenvalue weighted by molar-refractivity contribution is -0.142. The Morgan fingerprint density at radius 1 is 1.09 bits per heavy atom. The Morgan fingerprint density at radius 2 is 1.79 bits per heavy atom. The Labute approximate surface area is 194 Å². The van der Waals surface area contributed by atoms with Gasteiger partial charge in [-0.3, -0.25) is 24.2 Å². The Balaban J connectivity index is 2.62. The number of aliphatic imine (C=N–C) groups is 1. The number of aromatic amines is 1. The van der Waals surface area contributed by atoms with Crippen LogP contribution in [0.25, 0.3) is 0 Å². The number of nitrogens with one attached hydrogen (secondary N) is 4. The Kier molecular flexibility index (Phi) is 11.5. The maximum Gasteiger partial charge on any atom is 0.326 e. The van der Waals surface area contributed by atoms with Crippen LogP contribution in [-0.2, 0) is 30.4 Å². The van der Waals surface area contributed by atoms with Crippen LogP contribution in [0.5, 0.6) is 0 Å². The van der Waals surface area contributed by atoms with Crippen molar-refractivity contribution >= 4 is 35.6 Å². The van der Waals surface area contributed by atoms with Crippen LogP contribution in [0.3, 0.4) is 0 Å². The van der Waals surface area contributed by atoms with E-state index in [1.54, 1.807) is 0 Å². The highest BCUT2D eigenvalue weighted by Crippen LogP contribution is 2.01. The number of primary amides is 1. The normalized spacial score (nSPS) is 13.1. The summed E-state index contributed by atoms with van der Waals surface area (Å²) in [7, 11) is 0. The number of aromatic nitrogens is 2. The van der Waals surface area contributed by atoms with E-state index < -0.39 is 60.7 Å². The van der Waals surface area contributed by atoms with E-state index >= 15 is 0 Å². The molecule has 188 valence electrons. The number of guanidine groups is 1. The predicted molar refractivity (Wildman–Crippen MR) is 118 cm³/mol. The minimum absolute atomic E-state index is 0.0831. The molecule has 1 rings (SSSR count). The van der Waals surface area contributed by atoms with Gasteiger partial charge in [0.25, 0.3) is 0 Å². The minimum atomic E-state index is -1.46. The van der Waals surface area contributed by atoms with Crippen LogP contribution in [-0.4, -0.2) is 81.8 Å². The van der Waals surface area contributed by atoms with E-state index in [0.717, 1.165) is 0 Å². The molecule has 13 N–H and O–H groups in total. The summed E-state index contributed by atoms with van der Waals surface area (Å²) in [6.07, 6.45) is 2.71. The number of carbonyl (C=O) groups excluding carboxylic acids is 4. The number of carbonyl (C=O) groups is 5. The van der Waals surface area contributed by atoms with E-state index in [9.17, 15) is 29.1 Å². The topological polar surface area (TPSA) is 287 Å². The zero-order valence-corrected chi connectivity index (χ0v) is 18.3. The third kappa shape index (κ3) is 10.9. The number of H-pyrrole nitrogens is 1. The van der Waals surface area contributed by atoms with Gasteiger partial charge in [0, 0.05) is 24.9 Å². The van der Waals surface area contributed by atoms with Crippen LogP contribution in [0.4, 0.5) is 0 Å². The van der Waals surface area contributed by atoms with Gasteiger partial charge in [-0.25, -0.2) is 9.78 Å². The largest absolute Gasteiger partial charge is 0.480 e. The van der Waals surface area contributed by atoms with Crippen LogP contribution < -0.4 is 38.9 Å². The number of hydrogen-bond acceptors (Lipinski definition) is 8. The highest BCUT2D eigenvalue weighted by Gasteiger charge is 2.28. The van der Waals surface area contributed by atoms with Gasteiger partial charge in [0.15, 0.2) is 5.96 Å². The molecule has 0 saturated heterocycles. The number of carboxylic acids is 1. The number of nitrogens with two attached hydrogens (primary N) is 4. The van der Waals surface area contributed by atoms with E-state index in [4.69, 9.17) is 22.9 Å². The number of nitrogens with zero attached hydrogens (tertiary/aromatic N) is 2. The smallest absolute Gasteiger partial charge is 0.326 e. The van der Waals surface area contributed by atoms with Crippen LogP contribution in [0.2, 0.25) is 0 Å². The lowest BCUT2D eigenvalue weighted by Gasteiger charge is -2.20. The maximum absolute atomic E-state index is 12.5. The molecule has 0 saturated carbocycles. The molecule has 0 aromatic carbocycles. The molecule has 0 aliphatic rings. The first-order valence-electron chi connectivity index (χ1n) is 10.2. The number of aliphatic carboxylic acids is 1. The molecular weight excluding hydrogens is 452 g/mol. The Morgan fingerprint density at radius 3 is 2.35 bits per heavy atom. The molecule has 1 aromatic heterocycles. The average Bonchev–Trinajstić information content (AvgIpc) is 3.26. The van der Waals surface area contributed by atoms with Crippen molar-refractivity contribution in [1.29, 1.82) is 0 Å². The number of hydrogen-bond donors (Lipinski definition) is 9. The molecule has 3 atom stereocenters. The van der Waals surface area contributed by atoms with Gasteiger partial charge in [-0.15, -0.1) is 0 Å². The van der Waals surface area contributed by atoms with Crippen LogP contribution in [0.15, 0.2) is 17.5 Å². The van der Waals surface area contributed by atoms with Crippen molar-refractivity contribution in [2.45, 2.75) is 43.8 Å². The first-order valence-corrected chi connectivity index (χ1v) is 10.2. The quantitative estimate of drug-likeness (QED) is 0.0654. The fourth-order valence-electron chi connectivity index (χ4n) is 2.69. The van der Waals surface area contributed by atoms with Crippen LogP contribution in [0, 0.1) is 0 Å². The summed E-state index contributed by atoms with van der Waals surface area (Å²) in [5.41, 5.74) is 21.7. The predicted octanol–water partition coefficient (Wildman–Crippen LogP) is -4.62. The highest BCUT2D eigenvalue weighted by molar-refractivity contribution is 5.95. The average molecular weight is 483 g/mol. The van der Waals surface area contributed by atoms with Crippen LogP contribution in [0.1, 0.15) is 25.0 Å². The number of amides is 4. The Hall–Kier alpha value is -4.21. The first-order chi connectivity index (χ1) is 16.0. The van der Waals surface area contributed by atoms with Crippen molar-refractivity contribution in [3.63, 3.8) is 0 Å². The van der Waals surface area contributed by atoms with Crippen molar-refractivity contribution in [2.75, 3.05) is 13.1 Å². The second kappa shape index (κ2) is 14.0. The molecule has 1 aromatic rings. The van der Waals surface area contributed by atoms with E-state index in [1.807, 2.05) is 0 Å². The fraction of sp³-hybridized carbons (Fsp3) is 0.500. The molecule has 0 aliphatic heterocycles. The summed E-state index contributed by atoms with van der Waals surface area (Å²) in [6.45, 7) is -0.259. The Bertz CT molecular complexity index is 884. The molecule has 34 heavy (non-hydrogen) atoms. The number of rotatable bonds is 15. The summed E-state index contributed by atoms with van der Waals surface area (Å²) < 4.78 is 0. The van der Waals surface area contributed by atoms with Crippen LogP contribution >= 0.6 is 0 Å². The lowest BCUT2D eigenvalue weighted by atomic mass is 10.1. The van der Waals surface area contributed by atoms with Gasteiger partial charge >= 0.3 is 5.97 Å². The lowest BCUT2D eigenvalue weighted by Crippen LogP contribution is -2.55. The molecule has 0 aliphatic carbocycles. The van der Waals surface area contributed by atoms with Gasteiger partial charge < -0.3 is 49.0 Å². The van der Waals surface area contributed by atoms with Crippen molar-refractivity contribution in [3.8, 4) is 0 Å². The van der Waals surface area contributed by atoms with Gasteiger partial charge in [0.2, 0.25) is 23.6 Å². The molecule has 0 fully saturated rings. The van der Waals surface area contributed by atoms with Crippen molar-refractivity contribution in [3.05, 3.63) is 18.2 Å². The third-order valence-corrected chi connectivity index (χ3v) is 4.38. The summed E-state index contributed by atoms with van der Waals surface area (Å²) in [6, 6.07) is -3.75. The summed E-state index contributed by atoms with van der Waals surface area (Å²) in [5, 5.41) is 16.2. The van der Waals surface area contributed by atoms with Crippen molar-refractivity contribution in [2.24, 2.45) is 27.9 Å².